The molecule has 78 valence electrons. The zero-order valence-electron chi connectivity index (χ0n) is 7.81. The van der Waals surface area contributed by atoms with Crippen molar-refractivity contribution in [2.24, 2.45) is 0 Å². The summed E-state index contributed by atoms with van der Waals surface area (Å²) in [5.74, 6) is -0.196. The van der Waals surface area contributed by atoms with Gasteiger partial charge in [-0.05, 0) is 17.2 Å². The highest BCUT2D eigenvalue weighted by molar-refractivity contribution is 6.62. The molecule has 1 saturated heterocycles. The van der Waals surface area contributed by atoms with E-state index in [2.05, 4.69) is 5.43 Å². The van der Waals surface area contributed by atoms with E-state index < -0.39 is 5.37 Å². The number of nitrogens with zero attached hydrogens (tertiary/aromatic N) is 1. The van der Waals surface area contributed by atoms with Crippen LogP contribution >= 0.6 is 11.6 Å². The van der Waals surface area contributed by atoms with Crippen LogP contribution in [0.15, 0.2) is 30.3 Å². The first-order valence-corrected chi connectivity index (χ1v) is 4.89. The van der Waals surface area contributed by atoms with Crippen LogP contribution in [0.25, 0.3) is 0 Å². The average Bonchev–Trinajstić information content (AvgIpc) is 2.62. The van der Waals surface area contributed by atoms with Gasteiger partial charge in [-0.2, -0.15) is 0 Å². The van der Waals surface area contributed by atoms with Crippen LogP contribution < -0.4 is 5.43 Å². The molecule has 2 amide bonds. The number of nitrogens with one attached hydrogen (secondary N) is 1. The second-order valence-corrected chi connectivity index (χ2v) is 3.61. The minimum atomic E-state index is -0.672. The highest BCUT2D eigenvalue weighted by Crippen LogP contribution is 2.28. The van der Waals surface area contributed by atoms with Crippen LogP contribution in [0.5, 0.6) is 0 Å². The van der Waals surface area contributed by atoms with E-state index in [0.29, 0.717) is 0 Å². The standard InChI is InChI=1S/C10H9ClN2O2/c11-10(15)13-8(6-9(14)12-13)7-4-2-1-3-5-7/h1-5,8H,6H2,(H,12,14). The van der Waals surface area contributed by atoms with Gasteiger partial charge >= 0.3 is 5.37 Å². The van der Waals surface area contributed by atoms with Gasteiger partial charge in [0.25, 0.3) is 0 Å². The van der Waals surface area contributed by atoms with Gasteiger partial charge in [0, 0.05) is 0 Å². The number of amides is 2. The van der Waals surface area contributed by atoms with Crippen molar-refractivity contribution in [2.75, 3.05) is 0 Å². The molecule has 15 heavy (non-hydrogen) atoms. The SMILES string of the molecule is O=C1CC(c2ccccc2)N(C(=O)Cl)N1. The number of hydrogen-bond donors (Lipinski definition) is 1. The predicted molar refractivity (Wildman–Crippen MR) is 55.0 cm³/mol. The molecule has 0 aromatic heterocycles. The minimum absolute atomic E-state index is 0.196. The molecule has 0 saturated carbocycles. The van der Waals surface area contributed by atoms with Gasteiger partial charge in [0.15, 0.2) is 0 Å². The quantitative estimate of drug-likeness (QED) is 0.584. The zero-order chi connectivity index (χ0) is 10.8. The van der Waals surface area contributed by atoms with Crippen molar-refractivity contribution in [1.29, 1.82) is 0 Å². The summed E-state index contributed by atoms with van der Waals surface area (Å²) in [6.45, 7) is 0. The van der Waals surface area contributed by atoms with Crippen molar-refractivity contribution >= 4 is 22.9 Å². The summed E-state index contributed by atoms with van der Waals surface area (Å²) in [7, 11) is 0. The molecule has 1 heterocycles. The van der Waals surface area contributed by atoms with Crippen LogP contribution in [0.2, 0.25) is 0 Å². The highest BCUT2D eigenvalue weighted by Gasteiger charge is 2.33. The molecule has 2 rings (SSSR count). The largest absolute Gasteiger partial charge is 0.335 e. The first-order valence-electron chi connectivity index (χ1n) is 4.51. The van der Waals surface area contributed by atoms with E-state index >= 15 is 0 Å². The Hall–Kier alpha value is -1.55. The molecule has 0 bridgehead atoms. The van der Waals surface area contributed by atoms with Crippen molar-refractivity contribution in [2.45, 2.75) is 12.5 Å². The second kappa shape index (κ2) is 3.90. The van der Waals surface area contributed by atoms with Crippen molar-refractivity contribution < 1.29 is 9.59 Å². The van der Waals surface area contributed by atoms with Gasteiger partial charge < -0.3 is 0 Å². The van der Waals surface area contributed by atoms with E-state index in [1.165, 1.54) is 0 Å². The number of benzene rings is 1. The van der Waals surface area contributed by atoms with Gasteiger partial charge in [-0.15, -0.1) is 0 Å². The Morgan fingerprint density at radius 3 is 2.67 bits per heavy atom. The lowest BCUT2D eigenvalue weighted by atomic mass is 10.1. The molecule has 5 heteroatoms. The Balaban J connectivity index is 2.28. The molecule has 1 N–H and O–H groups in total. The molecule has 1 atom stereocenters. The molecule has 0 aliphatic carbocycles. The van der Waals surface area contributed by atoms with Crippen LogP contribution in [0.3, 0.4) is 0 Å². The minimum Gasteiger partial charge on any atom is -0.273 e. The number of hydrazine groups is 1. The Morgan fingerprint density at radius 1 is 1.40 bits per heavy atom. The van der Waals surface area contributed by atoms with Gasteiger partial charge in [0.2, 0.25) is 5.91 Å². The smallest absolute Gasteiger partial charge is 0.273 e. The Bertz CT molecular complexity index is 394. The number of carbonyl (C=O) groups excluding carboxylic acids is 2. The normalized spacial score (nSPS) is 20.2. The van der Waals surface area contributed by atoms with Gasteiger partial charge in [-0.3, -0.25) is 15.0 Å². The van der Waals surface area contributed by atoms with E-state index in [1.807, 2.05) is 30.3 Å². The third-order valence-electron chi connectivity index (χ3n) is 2.31. The number of hydrogen-bond acceptors (Lipinski definition) is 2. The van der Waals surface area contributed by atoms with Crippen LogP contribution in [0.1, 0.15) is 18.0 Å². The van der Waals surface area contributed by atoms with Gasteiger partial charge in [0.05, 0.1) is 12.5 Å². The lowest BCUT2D eigenvalue weighted by Crippen LogP contribution is -2.36. The maximum Gasteiger partial charge on any atom is 0.335 e. The van der Waals surface area contributed by atoms with Gasteiger partial charge in [0.1, 0.15) is 0 Å². The molecule has 1 aromatic carbocycles. The van der Waals surface area contributed by atoms with E-state index in [4.69, 9.17) is 11.6 Å². The fourth-order valence-corrected chi connectivity index (χ4v) is 1.79. The van der Waals surface area contributed by atoms with Crippen LogP contribution in [0.4, 0.5) is 4.79 Å². The topological polar surface area (TPSA) is 49.4 Å². The number of rotatable bonds is 1. The summed E-state index contributed by atoms with van der Waals surface area (Å²) in [4.78, 5) is 22.2. The summed E-state index contributed by atoms with van der Waals surface area (Å²) in [5.41, 5.74) is 3.31. The van der Waals surface area contributed by atoms with E-state index in [1.54, 1.807) is 0 Å². The van der Waals surface area contributed by atoms with E-state index in [0.717, 1.165) is 10.6 Å². The van der Waals surface area contributed by atoms with Crippen LogP contribution in [-0.4, -0.2) is 16.3 Å². The molecular weight excluding hydrogens is 216 g/mol. The molecule has 1 unspecified atom stereocenters. The molecule has 0 spiro atoms. The predicted octanol–water partition coefficient (Wildman–Crippen LogP) is 1.82. The summed E-state index contributed by atoms with van der Waals surface area (Å²) >= 11 is 5.37. The van der Waals surface area contributed by atoms with E-state index in [-0.39, 0.29) is 18.4 Å². The number of halogens is 1. The Kier molecular flexibility index (Phi) is 2.60. The van der Waals surface area contributed by atoms with Crippen molar-refractivity contribution in [1.82, 2.24) is 10.4 Å². The molecule has 1 aromatic rings. The van der Waals surface area contributed by atoms with Crippen molar-refractivity contribution in [3.05, 3.63) is 35.9 Å². The third-order valence-corrected chi connectivity index (χ3v) is 2.49. The first kappa shape index (κ1) is 9.98. The summed E-state index contributed by atoms with van der Waals surface area (Å²) in [6, 6.07) is 9.00. The maximum absolute atomic E-state index is 11.2. The lowest BCUT2D eigenvalue weighted by molar-refractivity contribution is -0.120. The van der Waals surface area contributed by atoms with Gasteiger partial charge in [-0.1, -0.05) is 30.3 Å². The molecule has 1 aliphatic heterocycles. The maximum atomic E-state index is 11.2. The molecule has 1 fully saturated rings. The monoisotopic (exact) mass is 224 g/mol. The third kappa shape index (κ3) is 1.94. The Labute approximate surface area is 91.8 Å². The zero-order valence-corrected chi connectivity index (χ0v) is 8.57. The average molecular weight is 225 g/mol. The highest BCUT2D eigenvalue weighted by atomic mass is 35.5. The Morgan fingerprint density at radius 2 is 2.07 bits per heavy atom. The fraction of sp³-hybridized carbons (Fsp3) is 0.200. The van der Waals surface area contributed by atoms with Crippen LogP contribution in [0, 0.1) is 0 Å². The molecule has 0 radical (unpaired) electrons. The van der Waals surface area contributed by atoms with Crippen molar-refractivity contribution in [3.63, 3.8) is 0 Å². The molecule has 4 nitrogen and oxygen atoms in total. The summed E-state index contributed by atoms with van der Waals surface area (Å²) in [5, 5.41) is 0.480. The summed E-state index contributed by atoms with van der Waals surface area (Å²) in [6.07, 6.45) is 0.252. The number of carbonyl (C=O) groups is 2. The van der Waals surface area contributed by atoms with Crippen molar-refractivity contribution in [3.8, 4) is 0 Å². The molecular formula is C10H9ClN2O2. The van der Waals surface area contributed by atoms with Crippen LogP contribution in [-0.2, 0) is 4.79 Å². The lowest BCUT2D eigenvalue weighted by Gasteiger charge is -2.20. The van der Waals surface area contributed by atoms with Gasteiger partial charge in [-0.25, -0.2) is 5.01 Å². The second-order valence-electron chi connectivity index (χ2n) is 3.29. The van der Waals surface area contributed by atoms with E-state index in [9.17, 15) is 9.59 Å². The molecule has 1 aliphatic rings. The fourth-order valence-electron chi connectivity index (χ4n) is 1.63. The summed E-state index contributed by atoms with van der Waals surface area (Å²) < 4.78 is 0. The first-order chi connectivity index (χ1) is 7.18.